The molecule has 104 valence electrons. The van der Waals surface area contributed by atoms with Gasteiger partial charge >= 0.3 is 0 Å². The predicted octanol–water partition coefficient (Wildman–Crippen LogP) is 1.80. The smallest absolute Gasteiger partial charge is 0.241 e. The molecule has 2 N–H and O–H groups in total. The van der Waals surface area contributed by atoms with E-state index in [-0.39, 0.29) is 17.4 Å². The third-order valence-electron chi connectivity index (χ3n) is 5.52. The van der Waals surface area contributed by atoms with Crippen molar-refractivity contribution >= 4 is 5.91 Å². The number of hydrogen-bond donors (Lipinski definition) is 1. The highest BCUT2D eigenvalue weighted by Gasteiger charge is 2.56. The lowest BCUT2D eigenvalue weighted by atomic mass is 9.70. The van der Waals surface area contributed by atoms with Gasteiger partial charge in [0.15, 0.2) is 0 Å². The molecule has 4 atom stereocenters. The third-order valence-corrected chi connectivity index (χ3v) is 5.52. The van der Waals surface area contributed by atoms with Gasteiger partial charge in [0.1, 0.15) is 6.04 Å². The first-order chi connectivity index (χ1) is 9.07. The van der Waals surface area contributed by atoms with E-state index in [2.05, 4.69) is 13.0 Å². The number of nitrogens with zero attached hydrogens (tertiary/aromatic N) is 2. The quantitative estimate of drug-likeness (QED) is 0.824. The van der Waals surface area contributed by atoms with Crippen LogP contribution in [-0.4, -0.2) is 28.9 Å². The van der Waals surface area contributed by atoms with Crippen molar-refractivity contribution in [3.63, 3.8) is 0 Å². The van der Waals surface area contributed by atoms with Crippen molar-refractivity contribution in [3.8, 4) is 6.07 Å². The summed E-state index contributed by atoms with van der Waals surface area (Å²) in [4.78, 5) is 14.5. The zero-order valence-electron chi connectivity index (χ0n) is 11.6. The minimum absolute atomic E-state index is 0.0287. The summed E-state index contributed by atoms with van der Waals surface area (Å²) in [6.45, 7) is 2.15. The highest BCUT2D eigenvalue weighted by molar-refractivity contribution is 5.84. The summed E-state index contributed by atoms with van der Waals surface area (Å²) in [5, 5.41) is 9.20. The molecule has 3 rings (SSSR count). The van der Waals surface area contributed by atoms with Gasteiger partial charge in [-0.3, -0.25) is 4.79 Å². The van der Waals surface area contributed by atoms with Crippen molar-refractivity contribution in [2.24, 2.45) is 17.1 Å². The number of hydrogen-bond acceptors (Lipinski definition) is 3. The molecule has 1 amide bonds. The summed E-state index contributed by atoms with van der Waals surface area (Å²) in [7, 11) is 0. The summed E-state index contributed by atoms with van der Waals surface area (Å²) in [6, 6.07) is 1.94. The molecule has 2 aliphatic carbocycles. The molecule has 2 saturated carbocycles. The number of fused-ring (bicyclic) bond motifs is 1. The molecule has 3 unspecified atom stereocenters. The van der Waals surface area contributed by atoms with E-state index in [1.54, 1.807) is 0 Å². The highest BCUT2D eigenvalue weighted by atomic mass is 16.2. The fourth-order valence-electron chi connectivity index (χ4n) is 4.02. The van der Waals surface area contributed by atoms with E-state index < -0.39 is 6.04 Å². The van der Waals surface area contributed by atoms with Gasteiger partial charge in [-0.1, -0.05) is 26.2 Å². The second-order valence-corrected chi connectivity index (χ2v) is 6.88. The Hall–Kier alpha value is -1.08. The zero-order valence-corrected chi connectivity index (χ0v) is 11.6. The first-order valence-electron chi connectivity index (χ1n) is 7.54. The Labute approximate surface area is 114 Å². The number of nitrogens with two attached hydrogens (primary N) is 1. The Morgan fingerprint density at radius 2 is 2.05 bits per heavy atom. The average molecular weight is 261 g/mol. The molecule has 19 heavy (non-hydrogen) atoms. The van der Waals surface area contributed by atoms with E-state index in [9.17, 15) is 10.1 Å². The normalized spacial score (nSPS) is 37.3. The minimum Gasteiger partial charge on any atom is -0.322 e. The van der Waals surface area contributed by atoms with Crippen molar-refractivity contribution in [3.05, 3.63) is 0 Å². The first-order valence-corrected chi connectivity index (χ1v) is 7.54. The van der Waals surface area contributed by atoms with Crippen LogP contribution in [-0.2, 0) is 4.79 Å². The molecule has 1 saturated heterocycles. The summed E-state index contributed by atoms with van der Waals surface area (Å²) in [6.07, 6.45) is 7.62. The van der Waals surface area contributed by atoms with E-state index in [0.29, 0.717) is 12.0 Å². The van der Waals surface area contributed by atoms with Gasteiger partial charge in [-0.05, 0) is 37.0 Å². The monoisotopic (exact) mass is 261 g/mol. The topological polar surface area (TPSA) is 70.1 Å². The standard InChI is InChI=1S/C15H23N3O/c1-15(5-3-2-4-6-15)13(17)14(19)18-11(9-16)7-10-8-12(10)18/h10-13H,2-8,17H2,1H3/t10?,11?,12?,13-/m1/s1. The molecular weight excluding hydrogens is 238 g/mol. The zero-order chi connectivity index (χ0) is 13.6. The Kier molecular flexibility index (Phi) is 3.05. The van der Waals surface area contributed by atoms with Gasteiger partial charge in [-0.25, -0.2) is 0 Å². The van der Waals surface area contributed by atoms with Crippen LogP contribution in [0.5, 0.6) is 0 Å². The van der Waals surface area contributed by atoms with Crippen LogP contribution in [0.2, 0.25) is 0 Å². The number of carbonyl (C=O) groups excluding carboxylic acids is 1. The fraction of sp³-hybridized carbons (Fsp3) is 0.867. The third kappa shape index (κ3) is 2.04. The number of nitriles is 1. The Bertz CT molecular complexity index is 422. The summed E-state index contributed by atoms with van der Waals surface area (Å²) < 4.78 is 0. The van der Waals surface area contributed by atoms with Crippen molar-refractivity contribution in [1.29, 1.82) is 5.26 Å². The largest absolute Gasteiger partial charge is 0.322 e. The molecule has 0 radical (unpaired) electrons. The van der Waals surface area contributed by atoms with Crippen LogP contribution in [0.3, 0.4) is 0 Å². The van der Waals surface area contributed by atoms with Gasteiger partial charge in [0.05, 0.1) is 12.1 Å². The van der Waals surface area contributed by atoms with Crippen LogP contribution in [0.4, 0.5) is 0 Å². The molecule has 3 fully saturated rings. The SMILES string of the molecule is CC1([C@H](N)C(=O)N2C(C#N)CC3CC32)CCCCC1. The minimum atomic E-state index is -0.428. The van der Waals surface area contributed by atoms with E-state index in [1.807, 2.05) is 4.90 Å². The lowest BCUT2D eigenvalue weighted by molar-refractivity contribution is -0.137. The number of piperidine rings is 1. The molecule has 3 aliphatic rings. The van der Waals surface area contributed by atoms with E-state index in [4.69, 9.17) is 5.73 Å². The molecule has 0 aromatic rings. The van der Waals surface area contributed by atoms with Gasteiger partial charge in [-0.15, -0.1) is 0 Å². The van der Waals surface area contributed by atoms with Gasteiger partial charge in [0, 0.05) is 6.04 Å². The molecule has 4 nitrogen and oxygen atoms in total. The Morgan fingerprint density at radius 1 is 1.37 bits per heavy atom. The van der Waals surface area contributed by atoms with Gasteiger partial charge < -0.3 is 10.6 Å². The van der Waals surface area contributed by atoms with Crippen LogP contribution in [0.25, 0.3) is 0 Å². The van der Waals surface area contributed by atoms with E-state index >= 15 is 0 Å². The fourth-order valence-corrected chi connectivity index (χ4v) is 4.02. The van der Waals surface area contributed by atoms with Crippen LogP contribution in [0.1, 0.15) is 51.9 Å². The molecule has 0 aromatic heterocycles. The second kappa shape index (κ2) is 4.49. The van der Waals surface area contributed by atoms with Crippen molar-refractivity contribution in [2.75, 3.05) is 0 Å². The average Bonchev–Trinajstić information content (AvgIpc) is 3.09. The molecule has 1 aliphatic heterocycles. The second-order valence-electron chi connectivity index (χ2n) is 6.88. The summed E-state index contributed by atoms with van der Waals surface area (Å²) in [5.74, 6) is 0.598. The summed E-state index contributed by atoms with van der Waals surface area (Å²) in [5.41, 5.74) is 6.24. The summed E-state index contributed by atoms with van der Waals surface area (Å²) >= 11 is 0. The molecule has 0 aromatic carbocycles. The predicted molar refractivity (Wildman–Crippen MR) is 71.9 cm³/mol. The van der Waals surface area contributed by atoms with Crippen LogP contribution >= 0.6 is 0 Å². The number of likely N-dealkylation sites (tertiary alicyclic amines) is 1. The molecule has 1 heterocycles. The lowest BCUT2D eigenvalue weighted by Gasteiger charge is -2.40. The van der Waals surface area contributed by atoms with Crippen LogP contribution < -0.4 is 5.73 Å². The van der Waals surface area contributed by atoms with Crippen molar-refractivity contribution < 1.29 is 4.79 Å². The number of carbonyl (C=O) groups is 1. The van der Waals surface area contributed by atoms with E-state index in [1.165, 1.54) is 19.3 Å². The van der Waals surface area contributed by atoms with Gasteiger partial charge in [0.2, 0.25) is 5.91 Å². The van der Waals surface area contributed by atoms with E-state index in [0.717, 1.165) is 25.7 Å². The number of rotatable bonds is 2. The van der Waals surface area contributed by atoms with Crippen molar-refractivity contribution in [1.82, 2.24) is 4.90 Å². The highest BCUT2D eigenvalue weighted by Crippen LogP contribution is 2.49. The molecule has 0 bridgehead atoms. The molecule has 0 spiro atoms. The maximum atomic E-state index is 12.7. The van der Waals surface area contributed by atoms with Crippen molar-refractivity contribution in [2.45, 2.75) is 70.0 Å². The Balaban J connectivity index is 1.74. The van der Waals surface area contributed by atoms with Gasteiger partial charge in [0.25, 0.3) is 0 Å². The first kappa shape index (κ1) is 12.9. The van der Waals surface area contributed by atoms with Gasteiger partial charge in [-0.2, -0.15) is 5.26 Å². The maximum Gasteiger partial charge on any atom is 0.241 e. The maximum absolute atomic E-state index is 12.7. The Morgan fingerprint density at radius 3 is 2.68 bits per heavy atom. The number of amides is 1. The van der Waals surface area contributed by atoms with Crippen LogP contribution in [0, 0.1) is 22.7 Å². The van der Waals surface area contributed by atoms with Crippen LogP contribution in [0.15, 0.2) is 0 Å². The molecular formula is C15H23N3O. The molecule has 4 heteroatoms. The lowest BCUT2D eigenvalue weighted by Crippen LogP contribution is -2.54.